The van der Waals surface area contributed by atoms with E-state index in [-0.39, 0.29) is 19.5 Å². The van der Waals surface area contributed by atoms with Crippen molar-refractivity contribution >= 4 is 18.9 Å². The van der Waals surface area contributed by atoms with E-state index in [2.05, 4.69) is 25.0 Å². The standard InChI is InChI=1S/C7H9O2P.C7H8O2P.Rh/c2*1-8-6-4-2-3-5-7(6)9-10;/h2-5H,10H2,1H3;2-4H,10H2,1H3;/q;-1;. The maximum Gasteiger partial charge on any atom is 0.164 e. The van der Waals surface area contributed by atoms with Gasteiger partial charge in [0.05, 0.1) is 38.9 Å². The Labute approximate surface area is 142 Å². The maximum absolute atomic E-state index is 5.00. The number of benzene rings is 2. The molecule has 2 unspecified atom stereocenters. The molecule has 2 atom stereocenters. The molecule has 0 saturated heterocycles. The normalized spacial score (nSPS) is 8.57. The predicted molar refractivity (Wildman–Crippen MR) is 85.5 cm³/mol. The molecular formula is C14H17O4P2Rh-. The van der Waals surface area contributed by atoms with Crippen molar-refractivity contribution in [2.24, 2.45) is 0 Å². The van der Waals surface area contributed by atoms with Gasteiger partial charge in [-0.15, -0.1) is 12.1 Å². The summed E-state index contributed by atoms with van der Waals surface area (Å²) in [6, 6.07) is 15.8. The van der Waals surface area contributed by atoms with Gasteiger partial charge in [-0.25, -0.2) is 0 Å². The van der Waals surface area contributed by atoms with E-state index in [4.69, 9.17) is 18.5 Å². The number of methoxy groups -OCH3 is 2. The van der Waals surface area contributed by atoms with E-state index < -0.39 is 0 Å². The minimum absolute atomic E-state index is 0. The van der Waals surface area contributed by atoms with Crippen molar-refractivity contribution in [3.05, 3.63) is 48.5 Å². The molecule has 0 N–H and O–H groups in total. The Bertz CT molecular complexity index is 432. The minimum atomic E-state index is 0. The summed E-state index contributed by atoms with van der Waals surface area (Å²) in [5.74, 6) is 2.78. The van der Waals surface area contributed by atoms with Gasteiger partial charge < -0.3 is 18.5 Å². The number of para-hydroxylation sites is 3. The Morgan fingerprint density at radius 2 is 1.38 bits per heavy atom. The summed E-state index contributed by atoms with van der Waals surface area (Å²) < 4.78 is 19.8. The van der Waals surface area contributed by atoms with Gasteiger partial charge >= 0.3 is 0 Å². The van der Waals surface area contributed by atoms with Gasteiger partial charge in [0, 0.05) is 25.2 Å². The molecule has 2 aromatic carbocycles. The van der Waals surface area contributed by atoms with Gasteiger partial charge in [-0.05, 0) is 12.1 Å². The molecular weight excluding hydrogens is 397 g/mol. The summed E-state index contributed by atoms with van der Waals surface area (Å²) in [7, 11) is 7.53. The topological polar surface area (TPSA) is 36.9 Å². The van der Waals surface area contributed by atoms with Crippen LogP contribution in [0, 0.1) is 6.07 Å². The molecule has 117 valence electrons. The smallest absolute Gasteiger partial charge is 0.164 e. The molecule has 2 aromatic rings. The van der Waals surface area contributed by atoms with Gasteiger partial charge in [-0.1, -0.05) is 12.1 Å². The first-order chi connectivity index (χ1) is 9.76. The third kappa shape index (κ3) is 6.61. The maximum atomic E-state index is 5.00. The van der Waals surface area contributed by atoms with Crippen LogP contribution in [-0.2, 0) is 19.5 Å². The molecule has 0 aliphatic heterocycles. The predicted octanol–water partition coefficient (Wildman–Crippen LogP) is 3.53. The van der Waals surface area contributed by atoms with Gasteiger partial charge in [0.2, 0.25) is 0 Å². The fourth-order valence-electron chi connectivity index (χ4n) is 1.38. The number of ether oxygens (including phenoxy) is 2. The second-order valence-electron chi connectivity index (χ2n) is 3.45. The Hall–Kier alpha value is -0.877. The molecule has 0 fully saturated rings. The molecule has 0 aliphatic rings. The molecule has 0 aromatic heterocycles. The molecule has 2 rings (SSSR count). The van der Waals surface area contributed by atoms with Crippen LogP contribution in [0.1, 0.15) is 0 Å². The molecule has 0 aliphatic carbocycles. The van der Waals surface area contributed by atoms with Crippen LogP contribution in [0.5, 0.6) is 23.0 Å². The van der Waals surface area contributed by atoms with Crippen LogP contribution in [0.3, 0.4) is 0 Å². The van der Waals surface area contributed by atoms with Crippen LogP contribution < -0.4 is 18.5 Å². The third-order valence-corrected chi connectivity index (χ3v) is 2.81. The molecule has 0 spiro atoms. The second kappa shape index (κ2) is 11.7. The van der Waals surface area contributed by atoms with Crippen LogP contribution >= 0.6 is 18.9 Å². The molecule has 0 amide bonds. The zero-order chi connectivity index (χ0) is 14.8. The van der Waals surface area contributed by atoms with E-state index >= 15 is 0 Å². The molecule has 7 heteroatoms. The van der Waals surface area contributed by atoms with Crippen molar-refractivity contribution in [2.75, 3.05) is 14.2 Å². The van der Waals surface area contributed by atoms with Crippen LogP contribution in [0.25, 0.3) is 0 Å². The van der Waals surface area contributed by atoms with E-state index in [1.54, 1.807) is 20.3 Å². The Balaban J connectivity index is 0.000000364. The summed E-state index contributed by atoms with van der Waals surface area (Å²) in [6.45, 7) is 0. The largest absolute Gasteiger partial charge is 0.551 e. The summed E-state index contributed by atoms with van der Waals surface area (Å²) in [6.07, 6.45) is 0. The fraction of sp³-hybridized carbons (Fsp3) is 0.143. The van der Waals surface area contributed by atoms with E-state index in [0.29, 0.717) is 11.5 Å². The van der Waals surface area contributed by atoms with Crippen molar-refractivity contribution in [2.45, 2.75) is 0 Å². The van der Waals surface area contributed by atoms with E-state index in [0.717, 1.165) is 11.5 Å². The zero-order valence-corrected chi connectivity index (χ0v) is 15.6. The molecule has 4 nitrogen and oxygen atoms in total. The quantitative estimate of drug-likeness (QED) is 0.436. The van der Waals surface area contributed by atoms with E-state index in [1.807, 2.05) is 36.4 Å². The molecule has 0 bridgehead atoms. The SMILES string of the molecule is COc1ccc[c-]c1OP.COc1ccccc1OP.[Rh]. The van der Waals surface area contributed by atoms with Gasteiger partial charge in [0.15, 0.2) is 11.5 Å². The van der Waals surface area contributed by atoms with Crippen molar-refractivity contribution in [1.29, 1.82) is 0 Å². The van der Waals surface area contributed by atoms with Gasteiger partial charge in [-0.3, -0.25) is 0 Å². The molecule has 1 radical (unpaired) electrons. The fourth-order valence-corrected chi connectivity index (χ4v) is 1.75. The van der Waals surface area contributed by atoms with Crippen LogP contribution in [0.15, 0.2) is 42.5 Å². The Morgan fingerprint density at radius 1 is 0.810 bits per heavy atom. The summed E-state index contributed by atoms with van der Waals surface area (Å²) >= 11 is 0. The van der Waals surface area contributed by atoms with Crippen molar-refractivity contribution in [3.8, 4) is 23.0 Å². The van der Waals surface area contributed by atoms with Gasteiger partial charge in [0.1, 0.15) is 0 Å². The first kappa shape index (κ1) is 20.1. The molecule has 21 heavy (non-hydrogen) atoms. The third-order valence-electron chi connectivity index (χ3n) is 2.32. The number of rotatable bonds is 4. The summed E-state index contributed by atoms with van der Waals surface area (Å²) in [4.78, 5) is 0. The summed E-state index contributed by atoms with van der Waals surface area (Å²) in [5.41, 5.74) is 0. The molecule has 0 saturated carbocycles. The molecule has 0 heterocycles. The van der Waals surface area contributed by atoms with Crippen LogP contribution in [0.4, 0.5) is 0 Å². The average molecular weight is 414 g/mol. The van der Waals surface area contributed by atoms with Crippen LogP contribution in [0.2, 0.25) is 0 Å². The van der Waals surface area contributed by atoms with Crippen molar-refractivity contribution < 1.29 is 38.0 Å². The van der Waals surface area contributed by atoms with Crippen molar-refractivity contribution in [3.63, 3.8) is 0 Å². The number of hydrogen-bond acceptors (Lipinski definition) is 4. The average Bonchev–Trinajstić information content (AvgIpc) is 2.55. The van der Waals surface area contributed by atoms with Gasteiger partial charge in [-0.2, -0.15) is 12.1 Å². The van der Waals surface area contributed by atoms with Crippen molar-refractivity contribution in [1.82, 2.24) is 0 Å². The van der Waals surface area contributed by atoms with E-state index in [9.17, 15) is 0 Å². The Kier molecular flexibility index (Phi) is 11.3. The zero-order valence-electron chi connectivity index (χ0n) is 11.7. The second-order valence-corrected chi connectivity index (χ2v) is 3.93. The van der Waals surface area contributed by atoms with Crippen LogP contribution in [-0.4, -0.2) is 14.2 Å². The Morgan fingerprint density at radius 3 is 1.81 bits per heavy atom. The van der Waals surface area contributed by atoms with Gasteiger partial charge in [0.25, 0.3) is 0 Å². The minimum Gasteiger partial charge on any atom is -0.551 e. The number of hydrogen-bond donors (Lipinski definition) is 0. The first-order valence-electron chi connectivity index (χ1n) is 5.68. The summed E-state index contributed by atoms with van der Waals surface area (Å²) in [5, 5.41) is 0. The monoisotopic (exact) mass is 414 g/mol. The van der Waals surface area contributed by atoms with E-state index in [1.165, 1.54) is 0 Å². The first-order valence-corrected chi connectivity index (χ1v) is 6.62.